The van der Waals surface area contributed by atoms with Crippen molar-refractivity contribution < 1.29 is 0 Å². The van der Waals surface area contributed by atoms with E-state index >= 15 is 0 Å². The quantitative estimate of drug-likeness (QED) is 0.640. The van der Waals surface area contributed by atoms with E-state index in [1.807, 2.05) is 6.26 Å². The maximum atomic E-state index is 4.20. The number of aromatic nitrogens is 2. The minimum atomic E-state index is 0.366. The molecule has 0 aliphatic rings. The van der Waals surface area contributed by atoms with E-state index in [9.17, 15) is 0 Å². The fourth-order valence-electron chi connectivity index (χ4n) is 1.76. The largest absolute Gasteiger partial charge is 0.310 e. The van der Waals surface area contributed by atoms with Crippen LogP contribution in [0.5, 0.6) is 0 Å². The lowest BCUT2D eigenvalue weighted by atomic mass is 10.1. The minimum absolute atomic E-state index is 0.366. The number of hydrogen-bond donors (Lipinski definition) is 1. The molecule has 1 aromatic heterocycles. The summed E-state index contributed by atoms with van der Waals surface area (Å²) < 4.78 is 3.09. The number of hydrogen-bond acceptors (Lipinski definition) is 6. The average molecular weight is 404 g/mol. The molecule has 0 aliphatic carbocycles. The predicted molar refractivity (Wildman–Crippen MR) is 96.7 cm³/mol. The van der Waals surface area contributed by atoms with Crippen molar-refractivity contribution in [3.8, 4) is 0 Å². The van der Waals surface area contributed by atoms with Crippen LogP contribution in [0.3, 0.4) is 0 Å². The van der Waals surface area contributed by atoms with Gasteiger partial charge >= 0.3 is 0 Å². The molecule has 1 unspecified atom stereocenters. The van der Waals surface area contributed by atoms with E-state index in [0.29, 0.717) is 6.04 Å². The van der Waals surface area contributed by atoms with E-state index in [2.05, 4.69) is 63.5 Å². The van der Waals surface area contributed by atoms with Crippen molar-refractivity contribution in [3.63, 3.8) is 0 Å². The van der Waals surface area contributed by atoms with Crippen molar-refractivity contribution in [2.45, 2.75) is 39.9 Å². The van der Waals surface area contributed by atoms with Crippen LogP contribution in [-0.2, 0) is 0 Å². The van der Waals surface area contributed by atoms with Gasteiger partial charge in [0.15, 0.2) is 8.68 Å². The molecule has 0 aliphatic heterocycles. The van der Waals surface area contributed by atoms with Crippen molar-refractivity contribution in [1.29, 1.82) is 0 Å². The van der Waals surface area contributed by atoms with Crippen molar-refractivity contribution >= 4 is 50.8 Å². The molecule has 21 heavy (non-hydrogen) atoms. The highest BCUT2D eigenvalue weighted by molar-refractivity contribution is 9.10. The Morgan fingerprint density at radius 1 is 1.33 bits per heavy atom. The average Bonchev–Trinajstić information content (AvgIpc) is 2.94. The van der Waals surface area contributed by atoms with E-state index in [4.69, 9.17) is 0 Å². The molecule has 0 radical (unpaired) electrons. The van der Waals surface area contributed by atoms with Gasteiger partial charge in [0.25, 0.3) is 0 Å². The van der Waals surface area contributed by atoms with Gasteiger partial charge in [0, 0.05) is 15.4 Å². The lowest BCUT2D eigenvalue weighted by molar-refractivity contribution is 0.570. The topological polar surface area (TPSA) is 37.8 Å². The number of rotatable bonds is 7. The van der Waals surface area contributed by atoms with Gasteiger partial charge in [0.1, 0.15) is 0 Å². The maximum absolute atomic E-state index is 4.20. The minimum Gasteiger partial charge on any atom is -0.310 e. The molecular formula is C14H18BrN3S3. The summed E-state index contributed by atoms with van der Waals surface area (Å²) in [6.45, 7) is 5.41. The standard InChI is InChI=1S/C14H18BrN3S3/c1-4-7-16-9(2)10-5-6-12(11(15)8-10)20-14-18-17-13(19-3)21-14/h5-6,8-9,16H,4,7H2,1-3H3. The Balaban J connectivity index is 2.08. The second kappa shape index (κ2) is 8.53. The fraction of sp³-hybridized carbons (Fsp3) is 0.429. The lowest BCUT2D eigenvalue weighted by Crippen LogP contribution is -2.19. The van der Waals surface area contributed by atoms with Crippen LogP contribution in [0.2, 0.25) is 0 Å². The fourth-order valence-corrected chi connectivity index (χ4v) is 4.80. The van der Waals surface area contributed by atoms with E-state index in [-0.39, 0.29) is 0 Å². The van der Waals surface area contributed by atoms with Gasteiger partial charge in [-0.3, -0.25) is 0 Å². The van der Waals surface area contributed by atoms with Crippen LogP contribution in [-0.4, -0.2) is 23.0 Å². The van der Waals surface area contributed by atoms with Gasteiger partial charge in [-0.1, -0.05) is 47.9 Å². The van der Waals surface area contributed by atoms with E-state index in [1.165, 1.54) is 10.5 Å². The summed E-state index contributed by atoms with van der Waals surface area (Å²) in [6.07, 6.45) is 3.17. The molecule has 1 heterocycles. The number of thioether (sulfide) groups is 1. The van der Waals surface area contributed by atoms with Gasteiger partial charge in [0.2, 0.25) is 0 Å². The van der Waals surface area contributed by atoms with Gasteiger partial charge in [-0.15, -0.1) is 10.2 Å². The number of nitrogens with zero attached hydrogens (tertiary/aromatic N) is 2. The SMILES string of the molecule is CCCNC(C)c1ccc(Sc2nnc(SC)s2)c(Br)c1. The molecule has 1 N–H and O–H groups in total. The molecule has 0 fully saturated rings. The third-order valence-electron chi connectivity index (χ3n) is 2.92. The second-order valence-electron chi connectivity index (χ2n) is 4.51. The molecule has 2 aromatic rings. The molecule has 3 nitrogen and oxygen atoms in total. The van der Waals surface area contributed by atoms with Crippen LogP contribution in [0, 0.1) is 0 Å². The Kier molecular flexibility index (Phi) is 7.01. The van der Waals surface area contributed by atoms with E-state index in [0.717, 1.165) is 26.1 Å². The van der Waals surface area contributed by atoms with Crippen molar-refractivity contribution in [2.75, 3.05) is 12.8 Å². The Labute approximate surface area is 146 Å². The van der Waals surface area contributed by atoms with Crippen molar-refractivity contribution in [3.05, 3.63) is 28.2 Å². The Hall–Kier alpha value is -0.0800. The number of halogens is 1. The van der Waals surface area contributed by atoms with Gasteiger partial charge < -0.3 is 5.32 Å². The predicted octanol–water partition coefficient (Wildman–Crippen LogP) is 5.23. The zero-order valence-corrected chi connectivity index (χ0v) is 16.3. The Morgan fingerprint density at radius 3 is 2.71 bits per heavy atom. The second-order valence-corrected chi connectivity index (χ2v) is 8.68. The van der Waals surface area contributed by atoms with Crippen molar-refractivity contribution in [1.82, 2.24) is 15.5 Å². The molecule has 1 atom stereocenters. The summed E-state index contributed by atoms with van der Waals surface area (Å²) >= 11 is 8.58. The third kappa shape index (κ3) is 4.96. The molecule has 0 saturated heterocycles. The summed E-state index contributed by atoms with van der Waals surface area (Å²) in [5.41, 5.74) is 1.29. The smallest absolute Gasteiger partial charge is 0.179 e. The lowest BCUT2D eigenvalue weighted by Gasteiger charge is -2.14. The van der Waals surface area contributed by atoms with E-state index < -0.39 is 0 Å². The summed E-state index contributed by atoms with van der Waals surface area (Å²) in [7, 11) is 0. The first kappa shape index (κ1) is 17.3. The number of benzene rings is 1. The molecule has 2 rings (SSSR count). The zero-order valence-electron chi connectivity index (χ0n) is 12.2. The summed E-state index contributed by atoms with van der Waals surface area (Å²) in [6, 6.07) is 6.88. The molecule has 1 aromatic carbocycles. The molecule has 0 saturated carbocycles. The molecule has 114 valence electrons. The first-order valence-corrected chi connectivity index (χ1v) is 10.4. The summed E-state index contributed by atoms with van der Waals surface area (Å²) in [4.78, 5) is 1.17. The van der Waals surface area contributed by atoms with Gasteiger partial charge in [-0.05, 0) is 59.8 Å². The van der Waals surface area contributed by atoms with Crippen LogP contribution < -0.4 is 5.32 Å². The highest BCUT2D eigenvalue weighted by Crippen LogP contribution is 2.37. The van der Waals surface area contributed by atoms with Gasteiger partial charge in [-0.25, -0.2) is 0 Å². The van der Waals surface area contributed by atoms with Crippen LogP contribution >= 0.6 is 50.8 Å². The number of nitrogens with one attached hydrogen (secondary N) is 1. The monoisotopic (exact) mass is 403 g/mol. The van der Waals surface area contributed by atoms with Crippen LogP contribution in [0.15, 0.2) is 36.2 Å². The first-order chi connectivity index (χ1) is 10.1. The Bertz CT molecular complexity index is 589. The molecule has 0 bridgehead atoms. The van der Waals surface area contributed by atoms with Crippen LogP contribution in [0.25, 0.3) is 0 Å². The van der Waals surface area contributed by atoms with Gasteiger partial charge in [-0.2, -0.15) is 0 Å². The molecular weight excluding hydrogens is 386 g/mol. The highest BCUT2D eigenvalue weighted by Gasteiger charge is 2.11. The van der Waals surface area contributed by atoms with Crippen LogP contribution in [0.1, 0.15) is 31.9 Å². The maximum Gasteiger partial charge on any atom is 0.179 e. The first-order valence-electron chi connectivity index (χ1n) is 6.72. The zero-order chi connectivity index (χ0) is 15.2. The Morgan fingerprint density at radius 2 is 2.10 bits per heavy atom. The van der Waals surface area contributed by atoms with Crippen LogP contribution in [0.4, 0.5) is 0 Å². The van der Waals surface area contributed by atoms with Gasteiger partial charge in [0.05, 0.1) is 0 Å². The summed E-state index contributed by atoms with van der Waals surface area (Å²) in [5, 5.41) is 11.8. The van der Waals surface area contributed by atoms with E-state index in [1.54, 1.807) is 34.9 Å². The molecule has 0 amide bonds. The summed E-state index contributed by atoms with van der Waals surface area (Å²) in [5.74, 6) is 0. The normalized spacial score (nSPS) is 12.6. The van der Waals surface area contributed by atoms with Crippen molar-refractivity contribution in [2.24, 2.45) is 0 Å². The highest BCUT2D eigenvalue weighted by atomic mass is 79.9. The molecule has 7 heteroatoms. The third-order valence-corrected chi connectivity index (χ3v) is 6.86. The molecule has 0 spiro atoms.